The number of nitrogens with one attached hydrogen (secondary N) is 1. The third-order valence-electron chi connectivity index (χ3n) is 5.35. The molecule has 1 aromatic carbocycles. The number of rotatable bonds is 5. The van der Waals surface area contributed by atoms with Crippen LogP contribution < -0.4 is 5.32 Å². The zero-order valence-corrected chi connectivity index (χ0v) is 12.5. The van der Waals surface area contributed by atoms with Gasteiger partial charge in [0.25, 0.3) is 0 Å². The molecule has 2 aliphatic rings. The molecule has 0 radical (unpaired) electrons. The predicted octanol–water partition coefficient (Wildman–Crippen LogP) is 3.31. The second-order valence-corrected chi connectivity index (χ2v) is 6.59. The van der Waals surface area contributed by atoms with E-state index in [-0.39, 0.29) is 0 Å². The molecule has 2 heteroatoms. The van der Waals surface area contributed by atoms with Crippen LogP contribution >= 0.6 is 0 Å². The van der Waals surface area contributed by atoms with Crippen LogP contribution in [0.5, 0.6) is 0 Å². The Labute approximate surface area is 122 Å². The highest BCUT2D eigenvalue weighted by Gasteiger charge is 2.50. The van der Waals surface area contributed by atoms with E-state index >= 15 is 0 Å². The maximum Gasteiger partial charge on any atom is 0.0967 e. The normalized spacial score (nSPS) is 27.8. The minimum absolute atomic E-state index is 0.351. The maximum atomic E-state index is 11.7. The molecule has 20 heavy (non-hydrogen) atoms. The van der Waals surface area contributed by atoms with E-state index in [1.54, 1.807) is 0 Å². The summed E-state index contributed by atoms with van der Waals surface area (Å²) in [5, 5.41) is 15.2. The lowest BCUT2D eigenvalue weighted by Crippen LogP contribution is -2.49. The number of hydrogen-bond acceptors (Lipinski definition) is 2. The Hall–Kier alpha value is -0.860. The lowest BCUT2D eigenvalue weighted by Gasteiger charge is -2.44. The minimum Gasteiger partial charge on any atom is -0.385 e. The molecule has 1 heterocycles. The van der Waals surface area contributed by atoms with E-state index < -0.39 is 5.60 Å². The first-order valence-electron chi connectivity index (χ1n) is 8.25. The van der Waals surface area contributed by atoms with Crippen molar-refractivity contribution in [3.8, 4) is 0 Å². The summed E-state index contributed by atoms with van der Waals surface area (Å²) < 4.78 is 0. The predicted molar refractivity (Wildman–Crippen MR) is 82.4 cm³/mol. The van der Waals surface area contributed by atoms with Crippen LogP contribution in [0, 0.1) is 17.8 Å². The van der Waals surface area contributed by atoms with Crippen LogP contribution in [0.3, 0.4) is 0 Å². The van der Waals surface area contributed by atoms with Gasteiger partial charge >= 0.3 is 0 Å². The maximum absolute atomic E-state index is 11.7. The zero-order chi connectivity index (χ0) is 14.0. The van der Waals surface area contributed by atoms with E-state index in [0.29, 0.717) is 11.8 Å². The number of piperidine rings is 1. The Morgan fingerprint density at radius 2 is 2.00 bits per heavy atom. The van der Waals surface area contributed by atoms with Crippen LogP contribution in [0.1, 0.15) is 44.6 Å². The Morgan fingerprint density at radius 1 is 1.25 bits per heavy atom. The molecule has 3 atom stereocenters. The van der Waals surface area contributed by atoms with Gasteiger partial charge in [0.2, 0.25) is 0 Å². The van der Waals surface area contributed by atoms with Gasteiger partial charge in [-0.2, -0.15) is 0 Å². The van der Waals surface area contributed by atoms with Crippen molar-refractivity contribution in [3.05, 3.63) is 35.9 Å². The Balaban J connectivity index is 1.96. The zero-order valence-electron chi connectivity index (χ0n) is 12.5. The van der Waals surface area contributed by atoms with Gasteiger partial charge in [-0.05, 0) is 56.0 Å². The highest BCUT2D eigenvalue weighted by Crippen LogP contribution is 2.51. The third kappa shape index (κ3) is 2.51. The van der Waals surface area contributed by atoms with E-state index in [0.717, 1.165) is 37.4 Å². The lowest BCUT2D eigenvalue weighted by atomic mass is 9.67. The van der Waals surface area contributed by atoms with Crippen molar-refractivity contribution in [1.82, 2.24) is 5.32 Å². The van der Waals surface area contributed by atoms with Crippen LogP contribution in [-0.4, -0.2) is 18.2 Å². The van der Waals surface area contributed by atoms with Gasteiger partial charge in [0.1, 0.15) is 0 Å². The molecule has 0 spiro atoms. The van der Waals surface area contributed by atoms with Gasteiger partial charge in [-0.15, -0.1) is 0 Å². The second-order valence-electron chi connectivity index (χ2n) is 6.59. The van der Waals surface area contributed by atoms with Gasteiger partial charge in [-0.1, -0.05) is 37.3 Å². The average Bonchev–Trinajstić information content (AvgIpc) is 3.34. The SMILES string of the molecule is CCC(C1CC1)C(O)(c1ccccc1)C1CCCNC1. The highest BCUT2D eigenvalue weighted by atomic mass is 16.3. The lowest BCUT2D eigenvalue weighted by molar-refractivity contribution is -0.0926. The van der Waals surface area contributed by atoms with E-state index in [1.807, 2.05) is 6.07 Å². The van der Waals surface area contributed by atoms with E-state index in [4.69, 9.17) is 0 Å². The van der Waals surface area contributed by atoms with Gasteiger partial charge in [0.15, 0.2) is 0 Å². The molecule has 2 fully saturated rings. The summed E-state index contributed by atoms with van der Waals surface area (Å²) in [5.41, 5.74) is 0.484. The van der Waals surface area contributed by atoms with Gasteiger partial charge in [-0.25, -0.2) is 0 Å². The Kier molecular flexibility index (Phi) is 4.13. The van der Waals surface area contributed by atoms with Crippen LogP contribution in [-0.2, 0) is 5.60 Å². The molecule has 1 saturated heterocycles. The molecule has 1 saturated carbocycles. The Morgan fingerprint density at radius 3 is 2.55 bits per heavy atom. The van der Waals surface area contributed by atoms with Gasteiger partial charge in [0, 0.05) is 12.5 Å². The van der Waals surface area contributed by atoms with Crippen molar-refractivity contribution in [2.45, 2.75) is 44.6 Å². The monoisotopic (exact) mass is 273 g/mol. The molecule has 3 unspecified atom stereocenters. The molecule has 3 rings (SSSR count). The topological polar surface area (TPSA) is 32.3 Å². The van der Waals surface area contributed by atoms with Crippen molar-refractivity contribution in [2.75, 3.05) is 13.1 Å². The molecule has 1 aliphatic heterocycles. The van der Waals surface area contributed by atoms with E-state index in [1.165, 1.54) is 19.3 Å². The first-order valence-corrected chi connectivity index (χ1v) is 8.25. The molecule has 1 aliphatic carbocycles. The fourth-order valence-corrected chi connectivity index (χ4v) is 4.19. The first kappa shape index (κ1) is 14.1. The summed E-state index contributed by atoms with van der Waals surface area (Å²) >= 11 is 0. The van der Waals surface area contributed by atoms with Crippen LogP contribution in [0.2, 0.25) is 0 Å². The molecular formula is C18H27NO. The van der Waals surface area contributed by atoms with Crippen molar-refractivity contribution in [3.63, 3.8) is 0 Å². The molecule has 0 aromatic heterocycles. The summed E-state index contributed by atoms with van der Waals surface area (Å²) in [4.78, 5) is 0. The fourth-order valence-electron chi connectivity index (χ4n) is 4.19. The quantitative estimate of drug-likeness (QED) is 0.862. The standard InChI is InChI=1S/C18H27NO/c1-2-17(14-10-11-14)18(20,15-7-4-3-5-8-15)16-9-6-12-19-13-16/h3-5,7-8,14,16-17,19-20H,2,6,9-13H2,1H3. The molecule has 2 nitrogen and oxygen atoms in total. The molecule has 2 N–H and O–H groups in total. The van der Waals surface area contributed by atoms with Crippen molar-refractivity contribution in [1.29, 1.82) is 0 Å². The summed E-state index contributed by atoms with van der Waals surface area (Å²) in [6.07, 6.45) is 6.00. The first-order chi connectivity index (χ1) is 9.76. The summed E-state index contributed by atoms with van der Waals surface area (Å²) in [6.45, 7) is 4.29. The number of aliphatic hydroxyl groups is 1. The molecule has 0 bridgehead atoms. The van der Waals surface area contributed by atoms with E-state index in [9.17, 15) is 5.11 Å². The molecule has 110 valence electrons. The molecule has 0 amide bonds. The summed E-state index contributed by atoms with van der Waals surface area (Å²) in [5.74, 6) is 1.49. The van der Waals surface area contributed by atoms with E-state index in [2.05, 4.69) is 36.5 Å². The summed E-state index contributed by atoms with van der Waals surface area (Å²) in [7, 11) is 0. The summed E-state index contributed by atoms with van der Waals surface area (Å²) in [6, 6.07) is 10.4. The Bertz CT molecular complexity index is 422. The van der Waals surface area contributed by atoms with Gasteiger partial charge in [0.05, 0.1) is 5.60 Å². The van der Waals surface area contributed by atoms with Gasteiger partial charge in [-0.3, -0.25) is 0 Å². The van der Waals surface area contributed by atoms with Crippen molar-refractivity contribution < 1.29 is 5.11 Å². The number of benzene rings is 1. The van der Waals surface area contributed by atoms with Crippen LogP contribution in [0.4, 0.5) is 0 Å². The highest BCUT2D eigenvalue weighted by molar-refractivity contribution is 5.26. The average molecular weight is 273 g/mol. The van der Waals surface area contributed by atoms with Crippen LogP contribution in [0.25, 0.3) is 0 Å². The van der Waals surface area contributed by atoms with Crippen molar-refractivity contribution in [2.24, 2.45) is 17.8 Å². The molecule has 1 aromatic rings. The minimum atomic E-state index is -0.648. The van der Waals surface area contributed by atoms with Crippen LogP contribution in [0.15, 0.2) is 30.3 Å². The largest absolute Gasteiger partial charge is 0.385 e. The second kappa shape index (κ2) is 5.87. The molecular weight excluding hydrogens is 246 g/mol. The smallest absolute Gasteiger partial charge is 0.0967 e. The third-order valence-corrected chi connectivity index (χ3v) is 5.35. The van der Waals surface area contributed by atoms with Crippen molar-refractivity contribution >= 4 is 0 Å². The van der Waals surface area contributed by atoms with Gasteiger partial charge < -0.3 is 10.4 Å². The number of hydrogen-bond donors (Lipinski definition) is 2. The fraction of sp³-hybridized carbons (Fsp3) is 0.667.